The molecule has 0 saturated heterocycles. The fourth-order valence-electron chi connectivity index (χ4n) is 0.552. The largest absolute Gasteiger partial charge is 0.250 e. The second kappa shape index (κ2) is 1.94. The van der Waals surface area contributed by atoms with Gasteiger partial charge in [-0.1, -0.05) is 0 Å². The smallest absolute Gasteiger partial charge is 0.138 e. The van der Waals surface area contributed by atoms with Gasteiger partial charge in [0.15, 0.2) is 0 Å². The minimum atomic E-state index is 0.729. The van der Waals surface area contributed by atoms with Crippen LogP contribution >= 0.6 is 0 Å². The average Bonchev–Trinajstić information content (AvgIpc) is 2.14. The van der Waals surface area contributed by atoms with Crippen LogP contribution in [-0.2, 0) is 6.54 Å². The van der Waals surface area contributed by atoms with Crippen LogP contribution < -0.4 is 0 Å². The molecule has 0 aliphatic heterocycles. The van der Waals surface area contributed by atoms with Gasteiger partial charge in [0, 0.05) is 13.5 Å². The number of aromatic nitrogens is 3. The maximum atomic E-state index is 3.88. The van der Waals surface area contributed by atoms with E-state index < -0.39 is 0 Å². The SMILES string of the molecule is [CH2]c1ncnn1CC. The predicted octanol–water partition coefficient (Wildman–Crippen LogP) is 0.480. The van der Waals surface area contributed by atoms with Gasteiger partial charge in [0.1, 0.15) is 12.2 Å². The van der Waals surface area contributed by atoms with E-state index in [1.807, 2.05) is 6.92 Å². The lowest BCUT2D eigenvalue weighted by molar-refractivity contribution is 0.646. The summed E-state index contributed by atoms with van der Waals surface area (Å²) in [6.45, 7) is 6.49. The lowest BCUT2D eigenvalue weighted by Gasteiger charge is -1.92. The summed E-state index contributed by atoms with van der Waals surface area (Å²) in [6.07, 6.45) is 1.51. The molecule has 1 heterocycles. The predicted molar refractivity (Wildman–Crippen MR) is 30.2 cm³/mol. The Hall–Kier alpha value is -0.860. The third-order valence-corrected chi connectivity index (χ3v) is 0.995. The van der Waals surface area contributed by atoms with E-state index in [1.165, 1.54) is 6.33 Å². The van der Waals surface area contributed by atoms with Gasteiger partial charge in [-0.15, -0.1) is 0 Å². The van der Waals surface area contributed by atoms with Gasteiger partial charge in [-0.25, -0.2) is 4.98 Å². The van der Waals surface area contributed by atoms with Crippen molar-refractivity contribution in [2.45, 2.75) is 13.5 Å². The second-order valence-corrected chi connectivity index (χ2v) is 1.49. The zero-order chi connectivity index (χ0) is 5.98. The Balaban J connectivity index is 2.92. The van der Waals surface area contributed by atoms with Crippen molar-refractivity contribution in [1.29, 1.82) is 0 Å². The van der Waals surface area contributed by atoms with Crippen LogP contribution in [0.25, 0.3) is 0 Å². The molecule has 0 saturated carbocycles. The Labute approximate surface area is 48.4 Å². The van der Waals surface area contributed by atoms with Gasteiger partial charge in [0.2, 0.25) is 0 Å². The highest BCUT2D eigenvalue weighted by atomic mass is 15.3. The molecule has 0 amide bonds. The molecule has 0 aromatic carbocycles. The molecule has 0 atom stereocenters. The van der Waals surface area contributed by atoms with Crippen LogP contribution in [0.2, 0.25) is 0 Å². The van der Waals surface area contributed by atoms with E-state index in [9.17, 15) is 0 Å². The first-order chi connectivity index (χ1) is 3.84. The Morgan fingerprint density at radius 1 is 1.88 bits per heavy atom. The number of nitrogens with zero attached hydrogens (tertiary/aromatic N) is 3. The van der Waals surface area contributed by atoms with E-state index in [2.05, 4.69) is 17.0 Å². The molecule has 0 unspecified atom stereocenters. The van der Waals surface area contributed by atoms with Crippen molar-refractivity contribution in [3.63, 3.8) is 0 Å². The highest BCUT2D eigenvalue weighted by Gasteiger charge is 1.90. The van der Waals surface area contributed by atoms with Crippen LogP contribution in [0.3, 0.4) is 0 Å². The maximum Gasteiger partial charge on any atom is 0.138 e. The van der Waals surface area contributed by atoms with E-state index >= 15 is 0 Å². The topological polar surface area (TPSA) is 30.7 Å². The monoisotopic (exact) mass is 110 g/mol. The summed E-state index contributed by atoms with van der Waals surface area (Å²) in [5.74, 6) is 0.729. The fourth-order valence-corrected chi connectivity index (χ4v) is 0.552. The van der Waals surface area contributed by atoms with Crippen LogP contribution in [0.1, 0.15) is 12.7 Å². The van der Waals surface area contributed by atoms with Gasteiger partial charge in [-0.05, 0) is 6.92 Å². The number of hydrogen-bond donors (Lipinski definition) is 0. The van der Waals surface area contributed by atoms with Crippen LogP contribution in [0.15, 0.2) is 6.33 Å². The third kappa shape index (κ3) is 0.710. The molecule has 0 N–H and O–H groups in total. The summed E-state index contributed by atoms with van der Waals surface area (Å²) in [5.41, 5.74) is 0. The summed E-state index contributed by atoms with van der Waals surface area (Å²) in [4.78, 5) is 3.83. The van der Waals surface area contributed by atoms with Crippen LogP contribution in [-0.4, -0.2) is 14.8 Å². The molecular formula is C5H8N3. The van der Waals surface area contributed by atoms with Gasteiger partial charge in [0.05, 0.1) is 0 Å². The number of hydrogen-bond acceptors (Lipinski definition) is 2. The molecule has 0 fully saturated rings. The first-order valence-corrected chi connectivity index (χ1v) is 2.54. The molecule has 1 aromatic rings. The van der Waals surface area contributed by atoms with Gasteiger partial charge in [0.25, 0.3) is 0 Å². The van der Waals surface area contributed by atoms with Gasteiger partial charge >= 0.3 is 0 Å². The zero-order valence-electron chi connectivity index (χ0n) is 4.83. The molecule has 3 heteroatoms. The van der Waals surface area contributed by atoms with Crippen molar-refractivity contribution < 1.29 is 0 Å². The van der Waals surface area contributed by atoms with E-state index in [4.69, 9.17) is 0 Å². The van der Waals surface area contributed by atoms with Crippen molar-refractivity contribution >= 4 is 0 Å². The molecular weight excluding hydrogens is 102 g/mol. The number of aryl methyl sites for hydroxylation is 1. The van der Waals surface area contributed by atoms with Crippen molar-refractivity contribution in [2.24, 2.45) is 0 Å². The molecule has 1 radical (unpaired) electrons. The van der Waals surface area contributed by atoms with Gasteiger partial charge < -0.3 is 0 Å². The lowest BCUT2D eigenvalue weighted by Crippen LogP contribution is -1.98. The standard InChI is InChI=1S/C5H8N3/c1-3-8-5(2)6-4-7-8/h4H,2-3H2,1H3. The summed E-state index contributed by atoms with van der Waals surface area (Å²) in [6, 6.07) is 0. The minimum absolute atomic E-state index is 0.729. The van der Waals surface area contributed by atoms with Crippen molar-refractivity contribution in [3.8, 4) is 0 Å². The van der Waals surface area contributed by atoms with Crippen molar-refractivity contribution in [3.05, 3.63) is 19.1 Å². The third-order valence-electron chi connectivity index (χ3n) is 0.995. The van der Waals surface area contributed by atoms with Crippen LogP contribution in [0.5, 0.6) is 0 Å². The Kier molecular flexibility index (Phi) is 1.28. The molecule has 1 rings (SSSR count). The molecule has 0 aliphatic carbocycles. The summed E-state index contributed by atoms with van der Waals surface area (Å²) < 4.78 is 1.74. The Bertz CT molecular complexity index is 168. The highest BCUT2D eigenvalue weighted by molar-refractivity contribution is 4.86. The molecule has 43 valence electrons. The zero-order valence-corrected chi connectivity index (χ0v) is 4.83. The first kappa shape index (κ1) is 5.28. The summed E-state index contributed by atoms with van der Waals surface area (Å²) in [7, 11) is 0. The maximum absolute atomic E-state index is 3.88. The molecule has 0 spiro atoms. The van der Waals surface area contributed by atoms with E-state index in [0.717, 1.165) is 12.4 Å². The molecule has 0 bridgehead atoms. The first-order valence-electron chi connectivity index (χ1n) is 2.54. The Morgan fingerprint density at radius 2 is 2.62 bits per heavy atom. The fraction of sp³-hybridized carbons (Fsp3) is 0.400. The van der Waals surface area contributed by atoms with Crippen LogP contribution in [0.4, 0.5) is 0 Å². The summed E-state index contributed by atoms with van der Waals surface area (Å²) >= 11 is 0. The quantitative estimate of drug-likeness (QED) is 0.526. The normalized spacial score (nSPS) is 9.75. The lowest BCUT2D eigenvalue weighted by atomic mass is 10.6. The highest BCUT2D eigenvalue weighted by Crippen LogP contribution is 1.87. The average molecular weight is 110 g/mol. The molecule has 3 nitrogen and oxygen atoms in total. The number of rotatable bonds is 1. The van der Waals surface area contributed by atoms with Crippen LogP contribution in [0, 0.1) is 6.92 Å². The molecule has 0 aliphatic rings. The second-order valence-electron chi connectivity index (χ2n) is 1.49. The van der Waals surface area contributed by atoms with E-state index in [0.29, 0.717) is 0 Å². The molecule has 1 aromatic heterocycles. The molecule has 8 heavy (non-hydrogen) atoms. The Morgan fingerprint density at radius 3 is 2.88 bits per heavy atom. The van der Waals surface area contributed by atoms with Gasteiger partial charge in [-0.2, -0.15) is 5.10 Å². The van der Waals surface area contributed by atoms with Crippen molar-refractivity contribution in [1.82, 2.24) is 14.8 Å². The summed E-state index contributed by atoms with van der Waals surface area (Å²) in [5, 5.41) is 3.88. The van der Waals surface area contributed by atoms with E-state index in [1.54, 1.807) is 4.68 Å². The van der Waals surface area contributed by atoms with E-state index in [-0.39, 0.29) is 0 Å². The van der Waals surface area contributed by atoms with Crippen molar-refractivity contribution in [2.75, 3.05) is 0 Å². The van der Waals surface area contributed by atoms with Gasteiger partial charge in [-0.3, -0.25) is 4.68 Å². The minimum Gasteiger partial charge on any atom is -0.250 e.